The first-order chi connectivity index (χ1) is 8.13. The van der Waals surface area contributed by atoms with Gasteiger partial charge in [-0.3, -0.25) is 14.4 Å². The molecule has 0 aromatic rings. The van der Waals surface area contributed by atoms with Crippen molar-refractivity contribution >= 4 is 17.9 Å². The first kappa shape index (κ1) is 10.7. The summed E-state index contributed by atoms with van der Waals surface area (Å²) in [5, 5.41) is 0. The Morgan fingerprint density at radius 3 is 2.76 bits per heavy atom. The molecule has 0 amide bonds. The van der Waals surface area contributed by atoms with Crippen molar-refractivity contribution in [2.75, 3.05) is 6.61 Å². The second-order valence-electron chi connectivity index (χ2n) is 4.53. The zero-order chi connectivity index (χ0) is 12.2. The highest BCUT2D eigenvalue weighted by Gasteiger charge is 2.66. The number of rotatable bonds is 2. The molecule has 6 heteroatoms. The van der Waals surface area contributed by atoms with Crippen molar-refractivity contribution in [1.29, 1.82) is 0 Å². The topological polar surface area (TPSA) is 78.9 Å². The molecule has 0 aliphatic carbocycles. The number of hydrogen-bond acceptors (Lipinski definition) is 6. The molecule has 0 aromatic carbocycles. The quantitative estimate of drug-likeness (QED) is 0.485. The highest BCUT2D eigenvalue weighted by atomic mass is 16.6. The van der Waals surface area contributed by atoms with Crippen LogP contribution in [-0.2, 0) is 28.6 Å². The van der Waals surface area contributed by atoms with Gasteiger partial charge >= 0.3 is 17.9 Å². The molecule has 3 rings (SSSR count). The fourth-order valence-electron chi connectivity index (χ4n) is 3.03. The van der Waals surface area contributed by atoms with E-state index in [-0.39, 0.29) is 12.1 Å². The van der Waals surface area contributed by atoms with Crippen LogP contribution in [0.5, 0.6) is 0 Å². The molecular formula is C11H12O6. The number of hydrogen-bond donors (Lipinski definition) is 0. The van der Waals surface area contributed by atoms with Crippen LogP contribution in [0.4, 0.5) is 0 Å². The summed E-state index contributed by atoms with van der Waals surface area (Å²) < 4.78 is 15.1. The summed E-state index contributed by atoms with van der Waals surface area (Å²) in [6, 6.07) is 0. The highest BCUT2D eigenvalue weighted by molar-refractivity contribution is 5.98. The van der Waals surface area contributed by atoms with Gasteiger partial charge in [0.15, 0.2) is 0 Å². The number of fused-ring (bicyclic) bond motifs is 5. The van der Waals surface area contributed by atoms with E-state index < -0.39 is 35.8 Å². The summed E-state index contributed by atoms with van der Waals surface area (Å²) in [5.74, 6) is -3.02. The van der Waals surface area contributed by atoms with Crippen molar-refractivity contribution in [1.82, 2.24) is 0 Å². The third-order valence-corrected chi connectivity index (χ3v) is 3.69. The molecule has 3 heterocycles. The Labute approximate surface area is 97.2 Å². The van der Waals surface area contributed by atoms with E-state index in [1.807, 2.05) is 0 Å². The van der Waals surface area contributed by atoms with Gasteiger partial charge in [-0.2, -0.15) is 0 Å². The van der Waals surface area contributed by atoms with Gasteiger partial charge in [0, 0.05) is 0 Å². The Morgan fingerprint density at radius 1 is 1.35 bits per heavy atom. The highest BCUT2D eigenvalue weighted by Crippen LogP contribution is 2.50. The molecule has 0 aromatic heterocycles. The molecule has 3 saturated heterocycles. The average molecular weight is 240 g/mol. The minimum absolute atomic E-state index is 0.296. The van der Waals surface area contributed by atoms with Crippen LogP contribution in [0.25, 0.3) is 0 Å². The Balaban J connectivity index is 1.82. The lowest BCUT2D eigenvalue weighted by Crippen LogP contribution is -2.39. The van der Waals surface area contributed by atoms with Crippen LogP contribution in [-0.4, -0.2) is 36.7 Å². The average Bonchev–Trinajstić information content (AvgIpc) is 2.91. The molecule has 0 saturated carbocycles. The summed E-state index contributed by atoms with van der Waals surface area (Å²) >= 11 is 0. The maximum absolute atomic E-state index is 11.7. The normalized spacial score (nSPS) is 42.5. The number of esters is 3. The van der Waals surface area contributed by atoms with Crippen molar-refractivity contribution in [3.8, 4) is 0 Å². The summed E-state index contributed by atoms with van der Waals surface area (Å²) in [5.41, 5.74) is 0. The molecular weight excluding hydrogens is 228 g/mol. The standard InChI is InChI=1S/C11H12O6/c1-2-15-9(12)4-3-5-6-7(8(4)16-5)11(14)17-10(6)13/h4-8H,2-3H2,1H3/t4-,5-,6-,7-,8-/m0/s1. The third-order valence-electron chi connectivity index (χ3n) is 3.69. The van der Waals surface area contributed by atoms with E-state index in [4.69, 9.17) is 9.47 Å². The van der Waals surface area contributed by atoms with E-state index in [1.54, 1.807) is 6.92 Å². The van der Waals surface area contributed by atoms with Crippen LogP contribution in [0.15, 0.2) is 0 Å². The van der Waals surface area contributed by atoms with E-state index in [9.17, 15) is 14.4 Å². The van der Waals surface area contributed by atoms with Crippen LogP contribution < -0.4 is 0 Å². The van der Waals surface area contributed by atoms with Crippen molar-refractivity contribution in [3.05, 3.63) is 0 Å². The van der Waals surface area contributed by atoms with Gasteiger partial charge in [0.1, 0.15) is 5.92 Å². The van der Waals surface area contributed by atoms with Crippen molar-refractivity contribution in [2.24, 2.45) is 17.8 Å². The zero-order valence-corrected chi connectivity index (χ0v) is 9.25. The zero-order valence-electron chi connectivity index (χ0n) is 9.25. The van der Waals surface area contributed by atoms with Gasteiger partial charge < -0.3 is 14.2 Å². The maximum atomic E-state index is 11.7. The van der Waals surface area contributed by atoms with Crippen molar-refractivity contribution in [2.45, 2.75) is 25.6 Å². The molecule has 5 atom stereocenters. The number of ether oxygens (including phenoxy) is 3. The molecule has 3 aliphatic rings. The van der Waals surface area contributed by atoms with Crippen LogP contribution >= 0.6 is 0 Å². The fraction of sp³-hybridized carbons (Fsp3) is 0.727. The van der Waals surface area contributed by atoms with Crippen molar-refractivity contribution in [3.63, 3.8) is 0 Å². The van der Waals surface area contributed by atoms with Crippen molar-refractivity contribution < 1.29 is 28.6 Å². The number of carbonyl (C=O) groups excluding carboxylic acids is 3. The van der Waals surface area contributed by atoms with E-state index in [2.05, 4.69) is 4.74 Å². The first-order valence-electron chi connectivity index (χ1n) is 5.71. The molecule has 6 nitrogen and oxygen atoms in total. The molecule has 0 spiro atoms. The van der Waals surface area contributed by atoms with E-state index in [1.165, 1.54) is 0 Å². The molecule has 17 heavy (non-hydrogen) atoms. The summed E-state index contributed by atoms with van der Waals surface area (Å²) in [4.78, 5) is 34.6. The van der Waals surface area contributed by atoms with E-state index in [0.29, 0.717) is 13.0 Å². The molecule has 3 fully saturated rings. The Morgan fingerprint density at radius 2 is 2.06 bits per heavy atom. The minimum atomic E-state index is -0.615. The van der Waals surface area contributed by atoms with Gasteiger partial charge in [0.25, 0.3) is 0 Å². The Hall–Kier alpha value is -1.43. The van der Waals surface area contributed by atoms with Gasteiger partial charge in [-0.25, -0.2) is 0 Å². The van der Waals surface area contributed by atoms with Gasteiger partial charge in [-0.1, -0.05) is 0 Å². The van der Waals surface area contributed by atoms with E-state index >= 15 is 0 Å². The summed E-state index contributed by atoms with van der Waals surface area (Å²) in [6.07, 6.45) is -0.492. The summed E-state index contributed by atoms with van der Waals surface area (Å²) in [6.45, 7) is 2.02. The van der Waals surface area contributed by atoms with Crippen LogP contribution in [0.3, 0.4) is 0 Å². The molecule has 92 valence electrons. The Kier molecular flexibility index (Phi) is 2.22. The fourth-order valence-corrected chi connectivity index (χ4v) is 3.03. The van der Waals surface area contributed by atoms with Crippen LogP contribution in [0.2, 0.25) is 0 Å². The molecule has 0 radical (unpaired) electrons. The molecule has 0 unspecified atom stereocenters. The molecule has 0 N–H and O–H groups in total. The molecule has 2 bridgehead atoms. The number of carbonyl (C=O) groups is 3. The summed E-state index contributed by atoms with van der Waals surface area (Å²) in [7, 11) is 0. The van der Waals surface area contributed by atoms with Gasteiger partial charge in [0.2, 0.25) is 0 Å². The number of cyclic esters (lactones) is 2. The smallest absolute Gasteiger partial charge is 0.320 e. The largest absolute Gasteiger partial charge is 0.466 e. The predicted octanol–water partition coefficient (Wildman–Crippen LogP) is -0.347. The lowest BCUT2D eigenvalue weighted by atomic mass is 9.75. The first-order valence-corrected chi connectivity index (χ1v) is 5.71. The van der Waals surface area contributed by atoms with Gasteiger partial charge in [-0.05, 0) is 13.3 Å². The maximum Gasteiger partial charge on any atom is 0.320 e. The SMILES string of the molecule is CCOC(=O)[C@H]1C[C@@H]2O[C@@H]1[C@H]1C(=O)OC(=O)[C@H]12. The van der Waals surface area contributed by atoms with Gasteiger partial charge in [-0.15, -0.1) is 0 Å². The monoisotopic (exact) mass is 240 g/mol. The lowest BCUT2D eigenvalue weighted by Gasteiger charge is -2.22. The lowest BCUT2D eigenvalue weighted by molar-refractivity contribution is -0.157. The third kappa shape index (κ3) is 1.33. The minimum Gasteiger partial charge on any atom is -0.466 e. The van der Waals surface area contributed by atoms with E-state index in [0.717, 1.165) is 0 Å². The van der Waals surface area contributed by atoms with Gasteiger partial charge in [0.05, 0.1) is 30.7 Å². The second-order valence-corrected chi connectivity index (χ2v) is 4.53. The van der Waals surface area contributed by atoms with Crippen LogP contribution in [0, 0.1) is 17.8 Å². The van der Waals surface area contributed by atoms with Crippen LogP contribution in [0.1, 0.15) is 13.3 Å². The Bertz CT molecular complexity index is 403. The molecule has 3 aliphatic heterocycles. The second kappa shape index (κ2) is 3.53. The predicted molar refractivity (Wildman–Crippen MR) is 51.5 cm³/mol.